The SMILES string of the molecule is CCC(C)(CC)OC(=O)OC1CCC(C2CCC(C(C)(C)CC)CC2)CC1. The Balaban J connectivity index is 1.72. The maximum atomic E-state index is 12.1. The topological polar surface area (TPSA) is 35.5 Å². The zero-order chi connectivity index (χ0) is 20.1. The van der Waals surface area contributed by atoms with Crippen LogP contribution in [0.15, 0.2) is 0 Å². The fourth-order valence-corrected chi connectivity index (χ4v) is 5.09. The molecular formula is C24H44O3. The first-order chi connectivity index (χ1) is 12.7. The van der Waals surface area contributed by atoms with Crippen molar-refractivity contribution in [3.63, 3.8) is 0 Å². The van der Waals surface area contributed by atoms with E-state index in [4.69, 9.17) is 9.47 Å². The number of ether oxygens (including phenoxy) is 2. The van der Waals surface area contributed by atoms with Crippen molar-refractivity contribution in [2.24, 2.45) is 23.2 Å². The zero-order valence-corrected chi connectivity index (χ0v) is 18.8. The Bertz CT molecular complexity index is 450. The highest BCUT2D eigenvalue weighted by molar-refractivity contribution is 5.60. The van der Waals surface area contributed by atoms with Crippen molar-refractivity contribution in [1.29, 1.82) is 0 Å². The third-order valence-corrected chi connectivity index (χ3v) is 8.26. The molecule has 2 aliphatic carbocycles. The van der Waals surface area contributed by atoms with E-state index < -0.39 is 6.16 Å². The molecule has 0 heterocycles. The van der Waals surface area contributed by atoms with Crippen LogP contribution in [0.5, 0.6) is 0 Å². The highest BCUT2D eigenvalue weighted by Gasteiger charge is 2.36. The second-order valence-corrected chi connectivity index (χ2v) is 10.1. The molecule has 27 heavy (non-hydrogen) atoms. The number of hydrogen-bond donors (Lipinski definition) is 0. The Morgan fingerprint density at radius 3 is 1.70 bits per heavy atom. The van der Waals surface area contributed by atoms with Crippen LogP contribution in [0.25, 0.3) is 0 Å². The first-order valence-electron chi connectivity index (χ1n) is 11.6. The first-order valence-corrected chi connectivity index (χ1v) is 11.6. The van der Waals surface area contributed by atoms with Gasteiger partial charge in [-0.3, -0.25) is 0 Å². The Morgan fingerprint density at radius 2 is 1.26 bits per heavy atom. The lowest BCUT2D eigenvalue weighted by Gasteiger charge is -2.42. The van der Waals surface area contributed by atoms with Gasteiger partial charge in [0, 0.05) is 0 Å². The van der Waals surface area contributed by atoms with Crippen LogP contribution in [-0.2, 0) is 9.47 Å². The molecule has 0 amide bonds. The number of rotatable bonds is 7. The van der Waals surface area contributed by atoms with Crippen molar-refractivity contribution in [2.75, 3.05) is 0 Å². The molecule has 0 radical (unpaired) electrons. The van der Waals surface area contributed by atoms with E-state index in [1.54, 1.807) is 0 Å². The molecule has 158 valence electrons. The molecule has 3 nitrogen and oxygen atoms in total. The molecule has 0 aliphatic heterocycles. The minimum absolute atomic E-state index is 0.0575. The average molecular weight is 381 g/mol. The van der Waals surface area contributed by atoms with Crippen LogP contribution >= 0.6 is 0 Å². The second-order valence-electron chi connectivity index (χ2n) is 10.1. The summed E-state index contributed by atoms with van der Waals surface area (Å²) < 4.78 is 11.2. The Kier molecular flexibility index (Phi) is 8.06. The van der Waals surface area contributed by atoms with E-state index in [2.05, 4.69) is 34.6 Å². The van der Waals surface area contributed by atoms with Gasteiger partial charge in [-0.15, -0.1) is 0 Å². The van der Waals surface area contributed by atoms with Gasteiger partial charge in [-0.2, -0.15) is 0 Å². The molecule has 2 aliphatic rings. The minimum atomic E-state index is -0.466. The van der Waals surface area contributed by atoms with Gasteiger partial charge < -0.3 is 9.47 Å². The summed E-state index contributed by atoms with van der Waals surface area (Å²) in [6.07, 6.45) is 12.6. The predicted octanol–water partition coefficient (Wildman–Crippen LogP) is 7.52. The van der Waals surface area contributed by atoms with Crippen molar-refractivity contribution < 1.29 is 14.3 Å². The smallest absolute Gasteiger partial charge is 0.431 e. The van der Waals surface area contributed by atoms with E-state index in [1.165, 1.54) is 44.9 Å². The Hall–Kier alpha value is -0.730. The van der Waals surface area contributed by atoms with Gasteiger partial charge in [-0.05, 0) is 94.3 Å². The predicted molar refractivity (Wildman–Crippen MR) is 112 cm³/mol. The van der Waals surface area contributed by atoms with Gasteiger partial charge in [0.05, 0.1) is 0 Å². The summed E-state index contributed by atoms with van der Waals surface area (Å²) in [6.45, 7) is 13.3. The van der Waals surface area contributed by atoms with Gasteiger partial charge in [-0.1, -0.05) is 41.0 Å². The number of carbonyl (C=O) groups is 1. The van der Waals surface area contributed by atoms with Gasteiger partial charge in [-0.25, -0.2) is 4.79 Å². The highest BCUT2D eigenvalue weighted by Crippen LogP contribution is 2.46. The maximum absolute atomic E-state index is 12.1. The summed E-state index contributed by atoms with van der Waals surface area (Å²) in [5.74, 6) is 2.63. The van der Waals surface area contributed by atoms with Gasteiger partial charge in [0.1, 0.15) is 11.7 Å². The van der Waals surface area contributed by atoms with Crippen LogP contribution in [0.2, 0.25) is 0 Å². The van der Waals surface area contributed by atoms with E-state index in [1.807, 2.05) is 6.92 Å². The van der Waals surface area contributed by atoms with Gasteiger partial charge in [0.15, 0.2) is 0 Å². The molecule has 0 spiro atoms. The summed E-state index contributed by atoms with van der Waals surface area (Å²) in [7, 11) is 0. The normalized spacial score (nSPS) is 30.0. The zero-order valence-electron chi connectivity index (χ0n) is 18.8. The van der Waals surface area contributed by atoms with E-state index in [9.17, 15) is 4.79 Å². The molecular weight excluding hydrogens is 336 g/mol. The lowest BCUT2D eigenvalue weighted by Crippen LogP contribution is -2.35. The molecule has 0 unspecified atom stereocenters. The van der Waals surface area contributed by atoms with Gasteiger partial charge >= 0.3 is 6.16 Å². The van der Waals surface area contributed by atoms with Gasteiger partial charge in [0.2, 0.25) is 0 Å². The van der Waals surface area contributed by atoms with Crippen LogP contribution in [0.4, 0.5) is 4.79 Å². The van der Waals surface area contributed by atoms with Crippen LogP contribution in [0.3, 0.4) is 0 Å². The fourth-order valence-electron chi connectivity index (χ4n) is 5.09. The van der Waals surface area contributed by atoms with Crippen LogP contribution in [0, 0.1) is 23.2 Å². The van der Waals surface area contributed by atoms with E-state index in [0.29, 0.717) is 5.41 Å². The van der Waals surface area contributed by atoms with Crippen molar-refractivity contribution in [3.8, 4) is 0 Å². The molecule has 2 saturated carbocycles. The quantitative estimate of drug-likeness (QED) is 0.428. The third kappa shape index (κ3) is 6.12. The Labute approximate surface area is 168 Å². The number of carbonyl (C=O) groups excluding carboxylic acids is 1. The third-order valence-electron chi connectivity index (χ3n) is 8.26. The second kappa shape index (κ2) is 9.65. The molecule has 0 aromatic carbocycles. The van der Waals surface area contributed by atoms with Crippen molar-refractivity contribution in [3.05, 3.63) is 0 Å². The van der Waals surface area contributed by atoms with E-state index in [-0.39, 0.29) is 11.7 Å². The van der Waals surface area contributed by atoms with Crippen LogP contribution in [0.1, 0.15) is 112 Å². The molecule has 2 fully saturated rings. The molecule has 0 N–H and O–H groups in total. The maximum Gasteiger partial charge on any atom is 0.509 e. The monoisotopic (exact) mass is 380 g/mol. The molecule has 0 aromatic rings. The molecule has 0 atom stereocenters. The standard InChI is InChI=1S/C24H44O3/c1-7-23(4,5)20-14-10-18(11-15-20)19-12-16-21(17-13-19)26-22(25)27-24(6,8-2)9-3/h18-21H,7-17H2,1-6H3. The molecule has 0 bridgehead atoms. The summed E-state index contributed by atoms with van der Waals surface area (Å²) in [6, 6.07) is 0. The van der Waals surface area contributed by atoms with Crippen LogP contribution < -0.4 is 0 Å². The van der Waals surface area contributed by atoms with E-state index in [0.717, 1.165) is 43.4 Å². The summed E-state index contributed by atoms with van der Waals surface area (Å²) in [4.78, 5) is 12.1. The summed E-state index contributed by atoms with van der Waals surface area (Å²) in [5, 5.41) is 0. The van der Waals surface area contributed by atoms with Crippen molar-refractivity contribution >= 4 is 6.16 Å². The molecule has 0 aromatic heterocycles. The number of hydrogen-bond acceptors (Lipinski definition) is 3. The lowest BCUT2D eigenvalue weighted by molar-refractivity contribution is -0.0552. The Morgan fingerprint density at radius 1 is 0.778 bits per heavy atom. The molecule has 2 rings (SSSR count). The summed E-state index contributed by atoms with van der Waals surface area (Å²) >= 11 is 0. The largest absolute Gasteiger partial charge is 0.509 e. The first kappa shape index (κ1) is 22.6. The van der Waals surface area contributed by atoms with Crippen LogP contribution in [-0.4, -0.2) is 17.9 Å². The fraction of sp³-hybridized carbons (Fsp3) is 0.958. The van der Waals surface area contributed by atoms with Crippen molar-refractivity contribution in [2.45, 2.75) is 124 Å². The van der Waals surface area contributed by atoms with E-state index >= 15 is 0 Å². The highest BCUT2D eigenvalue weighted by atomic mass is 16.7. The van der Waals surface area contributed by atoms with Crippen molar-refractivity contribution in [1.82, 2.24) is 0 Å². The van der Waals surface area contributed by atoms with Gasteiger partial charge in [0.25, 0.3) is 0 Å². The average Bonchev–Trinajstić information content (AvgIpc) is 2.68. The lowest BCUT2D eigenvalue weighted by atomic mass is 9.64. The summed E-state index contributed by atoms with van der Waals surface area (Å²) in [5.41, 5.74) is 0.113. The minimum Gasteiger partial charge on any atom is -0.431 e. The molecule has 3 heteroatoms. The molecule has 0 saturated heterocycles.